The largest absolute Gasteiger partial charge is 0.497 e. The summed E-state index contributed by atoms with van der Waals surface area (Å²) < 4.78 is 33.8. The van der Waals surface area contributed by atoms with E-state index in [0.717, 1.165) is 5.41 Å². The molecule has 120 valence electrons. The van der Waals surface area contributed by atoms with Gasteiger partial charge in [0.25, 0.3) is 0 Å². The lowest BCUT2D eigenvalue weighted by Gasteiger charge is -2.28. The molecular weight excluding hydrogens is 306 g/mol. The van der Waals surface area contributed by atoms with Crippen molar-refractivity contribution < 1.29 is 22.7 Å². The normalized spacial score (nSPS) is 19.0. The number of hydrogen-bond donors (Lipinski definition) is 0. The van der Waals surface area contributed by atoms with Gasteiger partial charge in [-0.15, -0.1) is 0 Å². The van der Waals surface area contributed by atoms with Crippen LogP contribution in [0.25, 0.3) is 0 Å². The molecule has 0 bridgehead atoms. The SMILES string of the molecule is CCC(=O)N(c1ccc(OC)cc1OC)C1C=CS(=O)(=O)C1. The van der Waals surface area contributed by atoms with Crippen LogP contribution in [0, 0.1) is 0 Å². The average Bonchev–Trinajstić information content (AvgIpc) is 2.87. The number of nitrogens with zero attached hydrogens (tertiary/aromatic N) is 1. The Morgan fingerprint density at radius 2 is 2.05 bits per heavy atom. The minimum atomic E-state index is -3.26. The molecule has 1 aliphatic rings. The summed E-state index contributed by atoms with van der Waals surface area (Å²) >= 11 is 0. The number of carbonyl (C=O) groups is 1. The molecule has 0 saturated heterocycles. The van der Waals surface area contributed by atoms with E-state index in [-0.39, 0.29) is 18.1 Å². The Morgan fingerprint density at radius 3 is 2.55 bits per heavy atom. The highest BCUT2D eigenvalue weighted by atomic mass is 32.2. The molecule has 1 amide bonds. The number of carbonyl (C=O) groups excluding carboxylic acids is 1. The fourth-order valence-electron chi connectivity index (χ4n) is 2.37. The molecule has 22 heavy (non-hydrogen) atoms. The minimum Gasteiger partial charge on any atom is -0.497 e. The number of anilines is 1. The van der Waals surface area contributed by atoms with Crippen LogP contribution in [0.4, 0.5) is 5.69 Å². The molecule has 0 aliphatic carbocycles. The Morgan fingerprint density at radius 1 is 1.32 bits per heavy atom. The van der Waals surface area contributed by atoms with Gasteiger partial charge in [-0.1, -0.05) is 6.92 Å². The van der Waals surface area contributed by atoms with Crippen molar-refractivity contribution in [2.24, 2.45) is 0 Å². The molecule has 0 spiro atoms. The summed E-state index contributed by atoms with van der Waals surface area (Å²) in [4.78, 5) is 13.8. The third kappa shape index (κ3) is 3.24. The van der Waals surface area contributed by atoms with E-state index in [2.05, 4.69) is 0 Å². The van der Waals surface area contributed by atoms with Crippen molar-refractivity contribution in [2.75, 3.05) is 24.9 Å². The van der Waals surface area contributed by atoms with E-state index in [1.807, 2.05) is 0 Å². The first-order valence-electron chi connectivity index (χ1n) is 6.87. The van der Waals surface area contributed by atoms with Crippen LogP contribution in [0.3, 0.4) is 0 Å². The summed E-state index contributed by atoms with van der Waals surface area (Å²) in [6.07, 6.45) is 1.80. The lowest BCUT2D eigenvalue weighted by molar-refractivity contribution is -0.118. The van der Waals surface area contributed by atoms with Crippen LogP contribution in [-0.4, -0.2) is 40.3 Å². The molecule has 7 heteroatoms. The quantitative estimate of drug-likeness (QED) is 0.825. The highest BCUT2D eigenvalue weighted by Gasteiger charge is 2.32. The molecule has 2 rings (SSSR count). The van der Waals surface area contributed by atoms with Crippen LogP contribution < -0.4 is 14.4 Å². The molecular formula is C15H19NO5S. The van der Waals surface area contributed by atoms with E-state index < -0.39 is 15.9 Å². The second kappa shape index (κ2) is 6.39. The molecule has 0 radical (unpaired) electrons. The first kappa shape index (κ1) is 16.4. The monoisotopic (exact) mass is 325 g/mol. The molecule has 0 N–H and O–H groups in total. The van der Waals surface area contributed by atoms with Gasteiger partial charge in [-0.2, -0.15) is 0 Å². The molecule has 1 unspecified atom stereocenters. The van der Waals surface area contributed by atoms with E-state index in [4.69, 9.17) is 9.47 Å². The van der Waals surface area contributed by atoms with Gasteiger partial charge in [0.1, 0.15) is 11.5 Å². The van der Waals surface area contributed by atoms with Crippen LogP contribution in [0.15, 0.2) is 29.7 Å². The first-order chi connectivity index (χ1) is 10.4. The lowest BCUT2D eigenvalue weighted by atomic mass is 10.1. The van der Waals surface area contributed by atoms with Crippen LogP contribution in [0.2, 0.25) is 0 Å². The smallest absolute Gasteiger partial charge is 0.227 e. The van der Waals surface area contributed by atoms with Crippen molar-refractivity contribution in [1.82, 2.24) is 0 Å². The maximum Gasteiger partial charge on any atom is 0.227 e. The summed E-state index contributed by atoms with van der Waals surface area (Å²) in [5.41, 5.74) is 0.530. The van der Waals surface area contributed by atoms with Crippen molar-refractivity contribution in [3.63, 3.8) is 0 Å². The predicted octanol–water partition coefficient (Wildman–Crippen LogP) is 1.76. The molecule has 1 atom stereocenters. The van der Waals surface area contributed by atoms with E-state index >= 15 is 0 Å². The van der Waals surface area contributed by atoms with Crippen molar-refractivity contribution in [3.8, 4) is 11.5 Å². The fourth-order valence-corrected chi connectivity index (χ4v) is 3.64. The molecule has 0 aromatic heterocycles. The van der Waals surface area contributed by atoms with Gasteiger partial charge in [-0.25, -0.2) is 8.42 Å². The minimum absolute atomic E-state index is 0.117. The van der Waals surface area contributed by atoms with Gasteiger partial charge in [-0.05, 0) is 18.2 Å². The van der Waals surface area contributed by atoms with E-state index in [1.165, 1.54) is 25.2 Å². The fraction of sp³-hybridized carbons (Fsp3) is 0.400. The van der Waals surface area contributed by atoms with Gasteiger partial charge in [0, 0.05) is 17.9 Å². The Balaban J connectivity index is 2.47. The summed E-state index contributed by atoms with van der Waals surface area (Å²) in [5.74, 6) is 0.765. The summed E-state index contributed by atoms with van der Waals surface area (Å²) in [7, 11) is -0.231. The van der Waals surface area contributed by atoms with Gasteiger partial charge >= 0.3 is 0 Å². The highest BCUT2D eigenvalue weighted by molar-refractivity contribution is 7.94. The van der Waals surface area contributed by atoms with Crippen LogP contribution >= 0.6 is 0 Å². The van der Waals surface area contributed by atoms with Gasteiger partial charge in [0.2, 0.25) is 5.91 Å². The number of hydrogen-bond acceptors (Lipinski definition) is 5. The van der Waals surface area contributed by atoms with Crippen LogP contribution in [0.1, 0.15) is 13.3 Å². The molecule has 6 nitrogen and oxygen atoms in total. The number of benzene rings is 1. The summed E-state index contributed by atoms with van der Waals surface area (Å²) in [6.45, 7) is 1.73. The highest BCUT2D eigenvalue weighted by Crippen LogP contribution is 2.35. The van der Waals surface area contributed by atoms with Gasteiger partial charge < -0.3 is 14.4 Å². The number of sulfone groups is 1. The number of ether oxygens (including phenoxy) is 2. The zero-order valence-corrected chi connectivity index (χ0v) is 13.6. The topological polar surface area (TPSA) is 72.9 Å². The van der Waals surface area contributed by atoms with E-state index in [1.54, 1.807) is 25.1 Å². The van der Waals surface area contributed by atoms with Crippen molar-refractivity contribution in [2.45, 2.75) is 19.4 Å². The van der Waals surface area contributed by atoms with E-state index in [0.29, 0.717) is 17.2 Å². The van der Waals surface area contributed by atoms with Crippen molar-refractivity contribution >= 4 is 21.4 Å². The Bertz CT molecular complexity index is 696. The van der Waals surface area contributed by atoms with Crippen LogP contribution in [0.5, 0.6) is 11.5 Å². The van der Waals surface area contributed by atoms with Gasteiger partial charge in [0.05, 0.1) is 31.7 Å². The lowest BCUT2D eigenvalue weighted by Crippen LogP contribution is -2.41. The third-order valence-corrected chi connectivity index (χ3v) is 4.84. The summed E-state index contributed by atoms with van der Waals surface area (Å²) in [6, 6.07) is 4.54. The Hall–Kier alpha value is -2.02. The second-order valence-corrected chi connectivity index (χ2v) is 6.81. The first-order valence-corrected chi connectivity index (χ1v) is 8.58. The van der Waals surface area contributed by atoms with E-state index in [9.17, 15) is 13.2 Å². The predicted molar refractivity (Wildman–Crippen MR) is 84.0 cm³/mol. The standard InChI is InChI=1S/C15H19NO5S/c1-4-15(17)16(11-7-8-22(18,19)10-11)13-6-5-12(20-2)9-14(13)21-3/h5-9,11H,4,10H2,1-3H3. The number of amides is 1. The molecule has 1 aliphatic heterocycles. The maximum atomic E-state index is 12.3. The van der Waals surface area contributed by atoms with Crippen molar-refractivity contribution in [3.05, 3.63) is 29.7 Å². The molecule has 1 aromatic carbocycles. The third-order valence-electron chi connectivity index (χ3n) is 3.46. The zero-order valence-electron chi connectivity index (χ0n) is 12.8. The molecule has 1 aromatic rings. The summed E-state index contributed by atoms with van der Waals surface area (Å²) in [5, 5.41) is 1.16. The zero-order chi connectivity index (χ0) is 16.3. The number of methoxy groups -OCH3 is 2. The van der Waals surface area contributed by atoms with Gasteiger partial charge in [0.15, 0.2) is 9.84 Å². The molecule has 0 saturated carbocycles. The van der Waals surface area contributed by atoms with Crippen molar-refractivity contribution in [1.29, 1.82) is 0 Å². The average molecular weight is 325 g/mol. The van der Waals surface area contributed by atoms with Gasteiger partial charge in [-0.3, -0.25) is 4.79 Å². The molecule has 1 heterocycles. The molecule has 0 fully saturated rings. The Labute approximate surface area is 130 Å². The second-order valence-electron chi connectivity index (χ2n) is 4.88. The number of rotatable bonds is 5. The Kier molecular flexibility index (Phi) is 4.75. The van der Waals surface area contributed by atoms with Crippen LogP contribution in [-0.2, 0) is 14.6 Å². The maximum absolute atomic E-state index is 12.3.